The second kappa shape index (κ2) is 5.80. The fourth-order valence-corrected chi connectivity index (χ4v) is 6.66. The summed E-state index contributed by atoms with van der Waals surface area (Å²) in [5, 5.41) is 2.70. The summed E-state index contributed by atoms with van der Waals surface area (Å²) in [6.45, 7) is 6.80. The second-order valence-electron chi connectivity index (χ2n) is 5.58. The van der Waals surface area contributed by atoms with Gasteiger partial charge in [0.1, 0.15) is 0 Å². The van der Waals surface area contributed by atoms with Gasteiger partial charge in [0.25, 0.3) is 0 Å². The average Bonchev–Trinajstić information content (AvgIpc) is 2.92. The van der Waals surface area contributed by atoms with Gasteiger partial charge < -0.3 is 0 Å². The van der Waals surface area contributed by atoms with Gasteiger partial charge in [-0.2, -0.15) is 0 Å². The Morgan fingerprint density at radius 1 is 0.952 bits per heavy atom. The molecule has 0 aromatic heterocycles. The van der Waals surface area contributed by atoms with Crippen LogP contribution in [0.3, 0.4) is 0 Å². The van der Waals surface area contributed by atoms with E-state index in [1.807, 2.05) is 0 Å². The Morgan fingerprint density at radius 2 is 1.71 bits per heavy atom. The van der Waals surface area contributed by atoms with E-state index in [9.17, 15) is 0 Å². The zero-order chi connectivity index (χ0) is 15.0. The maximum atomic E-state index is 2.42. The number of hydrogen-bond acceptors (Lipinski definition) is 0. The first-order valence-corrected chi connectivity index (χ1v) is 11.7. The van der Waals surface area contributed by atoms with Gasteiger partial charge in [-0.25, -0.2) is 0 Å². The number of rotatable bonds is 2. The molecule has 0 N–H and O–H groups in total. The van der Waals surface area contributed by atoms with Crippen LogP contribution in [0.4, 0.5) is 0 Å². The van der Waals surface area contributed by atoms with Gasteiger partial charge in [0, 0.05) is 0 Å². The summed E-state index contributed by atoms with van der Waals surface area (Å²) in [4.78, 5) is 2.42. The number of benzene rings is 2. The monoisotopic (exact) mass is 388 g/mol. The predicted molar refractivity (Wildman–Crippen MR) is 104 cm³/mol. The molecule has 1 aliphatic rings. The van der Waals surface area contributed by atoms with Crippen LogP contribution in [0.1, 0.15) is 25.0 Å². The molecule has 0 spiro atoms. The van der Waals surface area contributed by atoms with Crippen molar-refractivity contribution in [1.82, 2.24) is 0 Å². The number of halogens is 1. The first-order chi connectivity index (χ1) is 10.1. The van der Waals surface area contributed by atoms with Crippen molar-refractivity contribution in [3.05, 3.63) is 72.9 Å². The molecule has 1 heteroatoms. The Hall–Kier alpha value is -1.35. The zero-order valence-electron chi connectivity index (χ0n) is 13.1. The van der Waals surface area contributed by atoms with Crippen LogP contribution in [0, 0.1) is 6.92 Å². The molecule has 1 heterocycles. The first kappa shape index (κ1) is 14.6. The molecule has 1 aliphatic heterocycles. The van der Waals surface area contributed by atoms with Crippen LogP contribution < -0.4 is 0 Å². The fraction of sp³-hybridized carbons (Fsp3) is 0.200. The maximum absolute atomic E-state index is 2.42. The van der Waals surface area contributed by atoms with Crippen molar-refractivity contribution in [2.24, 2.45) is 0 Å². The molecule has 0 saturated carbocycles. The number of aryl methyl sites for hydroxylation is 1. The Morgan fingerprint density at radius 3 is 2.43 bits per heavy atom. The van der Waals surface area contributed by atoms with E-state index in [0.29, 0.717) is 0 Å². The van der Waals surface area contributed by atoms with E-state index < -0.39 is 19.8 Å². The van der Waals surface area contributed by atoms with Gasteiger partial charge in [0.15, 0.2) is 0 Å². The molecule has 0 unspecified atom stereocenters. The molecule has 0 aliphatic carbocycles. The van der Waals surface area contributed by atoms with E-state index in [4.69, 9.17) is 0 Å². The minimum atomic E-state index is -1.03. The molecule has 108 valence electrons. The molecule has 0 bridgehead atoms. The molecule has 0 atom stereocenters. The third kappa shape index (κ3) is 2.59. The topological polar surface area (TPSA) is 0 Å². The van der Waals surface area contributed by atoms with E-state index in [2.05, 4.69) is 78.3 Å². The molecular weight excluding hydrogens is 367 g/mol. The van der Waals surface area contributed by atoms with Crippen molar-refractivity contribution < 1.29 is 0 Å². The van der Waals surface area contributed by atoms with Crippen molar-refractivity contribution >= 4 is 36.2 Å². The Balaban J connectivity index is 2.22. The normalized spacial score (nSPS) is 17.1. The predicted octanol–water partition coefficient (Wildman–Crippen LogP) is 6.49. The molecule has 0 fully saturated rings. The summed E-state index contributed by atoms with van der Waals surface area (Å²) in [6.07, 6.45) is 4.57. The number of fused-ring (bicyclic) bond motifs is 1. The molecule has 0 radical (unpaired) electrons. The first-order valence-electron chi connectivity index (χ1n) is 7.23. The van der Waals surface area contributed by atoms with Gasteiger partial charge in [-0.05, 0) is 0 Å². The molecule has 0 amide bonds. The summed E-state index contributed by atoms with van der Waals surface area (Å²) in [5.41, 5.74) is 5.70. The minimum absolute atomic E-state index is 1.03. The van der Waals surface area contributed by atoms with Crippen LogP contribution in [0.15, 0.2) is 61.8 Å². The summed E-state index contributed by atoms with van der Waals surface area (Å²) in [7, 11) is 0. The van der Waals surface area contributed by atoms with E-state index >= 15 is 0 Å². The third-order valence-corrected chi connectivity index (χ3v) is 8.75. The third-order valence-electron chi connectivity index (χ3n) is 4.26. The molecule has 2 aromatic carbocycles. The van der Waals surface area contributed by atoms with Crippen molar-refractivity contribution in [2.45, 2.75) is 20.8 Å². The van der Waals surface area contributed by atoms with Crippen LogP contribution in [-0.4, -0.2) is 4.93 Å². The van der Waals surface area contributed by atoms with Crippen molar-refractivity contribution in [2.75, 3.05) is 4.93 Å². The summed E-state index contributed by atoms with van der Waals surface area (Å²) >= 11 is -1.03. The average molecular weight is 388 g/mol. The Kier molecular flexibility index (Phi) is 4.03. The standard InChI is InChI=1S/C20H21I/c1-14-11-12-17-8-5-6-9-18(17)20(14)16(3)15(2)19-10-7-13-21(19)4/h5-13H,1-4H3/b16-15+. The molecule has 3 rings (SSSR count). The van der Waals surface area contributed by atoms with Gasteiger partial charge in [-0.15, -0.1) is 0 Å². The Labute approximate surface area is 134 Å². The summed E-state index contributed by atoms with van der Waals surface area (Å²) in [6, 6.07) is 13.2. The van der Waals surface area contributed by atoms with Crippen LogP contribution >= 0.6 is 19.8 Å². The van der Waals surface area contributed by atoms with Crippen LogP contribution in [0.2, 0.25) is 0 Å². The summed E-state index contributed by atoms with van der Waals surface area (Å²) < 4.78 is 4.02. The van der Waals surface area contributed by atoms with Gasteiger partial charge in [-0.3, -0.25) is 0 Å². The van der Waals surface area contributed by atoms with Crippen molar-refractivity contribution in [3.63, 3.8) is 0 Å². The van der Waals surface area contributed by atoms with Crippen molar-refractivity contribution in [1.29, 1.82) is 0 Å². The van der Waals surface area contributed by atoms with Crippen LogP contribution in [0.5, 0.6) is 0 Å². The second-order valence-corrected chi connectivity index (χ2v) is 10.4. The van der Waals surface area contributed by atoms with Crippen molar-refractivity contribution in [3.8, 4) is 0 Å². The molecule has 2 aromatic rings. The van der Waals surface area contributed by atoms with E-state index in [1.54, 1.807) is 3.58 Å². The molecule has 21 heavy (non-hydrogen) atoms. The van der Waals surface area contributed by atoms with E-state index in [1.165, 1.54) is 33.0 Å². The van der Waals surface area contributed by atoms with E-state index in [-0.39, 0.29) is 0 Å². The van der Waals surface area contributed by atoms with Gasteiger partial charge in [0.05, 0.1) is 0 Å². The number of allylic oxidation sites excluding steroid dienone is 5. The number of alkyl halides is 1. The summed E-state index contributed by atoms with van der Waals surface area (Å²) in [5.74, 6) is 0. The molecule has 0 saturated heterocycles. The zero-order valence-corrected chi connectivity index (χ0v) is 15.2. The molecule has 0 nitrogen and oxygen atoms in total. The van der Waals surface area contributed by atoms with E-state index in [0.717, 1.165) is 0 Å². The van der Waals surface area contributed by atoms with Crippen LogP contribution in [-0.2, 0) is 0 Å². The van der Waals surface area contributed by atoms with Gasteiger partial charge in [0.2, 0.25) is 0 Å². The van der Waals surface area contributed by atoms with Gasteiger partial charge >= 0.3 is 135 Å². The number of hydrogen-bond donors (Lipinski definition) is 0. The SMILES string of the molecule is C/C(C1=CC=CI1C)=C(/C)c1c(C)ccc2ccccc12. The van der Waals surface area contributed by atoms with Crippen LogP contribution in [0.25, 0.3) is 16.3 Å². The van der Waals surface area contributed by atoms with Gasteiger partial charge in [-0.1, -0.05) is 0 Å². The fourth-order valence-electron chi connectivity index (χ4n) is 2.99. The molecular formula is C20H21I. The quantitative estimate of drug-likeness (QED) is 0.408. The Bertz CT molecular complexity index is 791.